The Hall–Kier alpha value is -1.77. The molecule has 0 spiro atoms. The molecule has 1 aromatic rings. The molecular weight excluding hydrogens is 411 g/mol. The molecule has 3 N–H and O–H groups in total. The van der Waals surface area contributed by atoms with Crippen LogP contribution in [0.1, 0.15) is 64.1 Å². The monoisotopic (exact) mass is 452 g/mol. The van der Waals surface area contributed by atoms with E-state index in [4.69, 9.17) is 20.2 Å². The molecule has 0 radical (unpaired) electrons. The molecule has 2 heterocycles. The van der Waals surface area contributed by atoms with Gasteiger partial charge in [-0.05, 0) is 70.9 Å². The summed E-state index contributed by atoms with van der Waals surface area (Å²) in [5.74, 6) is 0.758. The van der Waals surface area contributed by atoms with Crippen LogP contribution in [0.4, 0.5) is 10.2 Å². The number of hydrogen-bond acceptors (Lipinski definition) is 7. The standard InChI is InChI=1S/C24H41FN4O3/c1-24(2,3)32-22(30)11-7-15-29(16-19(25)17-31-4)21(26)10-5-9-20-13-12-18-8-6-14-27-23(18)28-20/h12-13,19,21H,5-11,14-17,26H2,1-4H3,(H,27,28)/t19-,21-/m0/s1. The molecule has 8 heteroatoms. The van der Waals surface area contributed by atoms with Crippen LogP contribution in [0.5, 0.6) is 0 Å². The molecule has 0 fully saturated rings. The van der Waals surface area contributed by atoms with Gasteiger partial charge < -0.3 is 20.5 Å². The highest BCUT2D eigenvalue weighted by Gasteiger charge is 2.21. The summed E-state index contributed by atoms with van der Waals surface area (Å²) >= 11 is 0. The fourth-order valence-electron chi connectivity index (χ4n) is 3.88. The zero-order valence-electron chi connectivity index (χ0n) is 20.2. The molecule has 0 aliphatic carbocycles. The van der Waals surface area contributed by atoms with Crippen molar-refractivity contribution >= 4 is 11.8 Å². The number of aromatic nitrogens is 1. The van der Waals surface area contributed by atoms with Crippen LogP contribution < -0.4 is 11.1 Å². The van der Waals surface area contributed by atoms with E-state index in [0.29, 0.717) is 13.0 Å². The van der Waals surface area contributed by atoms with Crippen LogP contribution in [0, 0.1) is 0 Å². The zero-order chi connectivity index (χ0) is 23.6. The molecule has 2 rings (SSSR count). The predicted octanol–water partition coefficient (Wildman–Crippen LogP) is 3.46. The van der Waals surface area contributed by atoms with Gasteiger partial charge in [0.1, 0.15) is 17.6 Å². The van der Waals surface area contributed by atoms with E-state index >= 15 is 0 Å². The lowest BCUT2D eigenvalue weighted by atomic mass is 10.1. The maximum atomic E-state index is 14.2. The Morgan fingerprint density at radius 2 is 2.12 bits per heavy atom. The molecule has 182 valence electrons. The first-order chi connectivity index (χ1) is 15.2. The van der Waals surface area contributed by atoms with E-state index in [9.17, 15) is 9.18 Å². The van der Waals surface area contributed by atoms with Gasteiger partial charge in [-0.15, -0.1) is 0 Å². The van der Waals surface area contributed by atoms with Crippen molar-refractivity contribution in [3.05, 3.63) is 23.4 Å². The maximum Gasteiger partial charge on any atom is 0.306 e. The molecule has 1 aliphatic heterocycles. The van der Waals surface area contributed by atoms with E-state index in [0.717, 1.165) is 50.2 Å². The number of methoxy groups -OCH3 is 1. The van der Waals surface area contributed by atoms with E-state index < -0.39 is 11.8 Å². The van der Waals surface area contributed by atoms with Crippen LogP contribution in [0.3, 0.4) is 0 Å². The molecule has 0 amide bonds. The molecular formula is C24H41FN4O3. The minimum absolute atomic E-state index is 0.0291. The van der Waals surface area contributed by atoms with E-state index in [1.54, 1.807) is 0 Å². The lowest BCUT2D eigenvalue weighted by Crippen LogP contribution is -2.46. The third-order valence-corrected chi connectivity index (χ3v) is 5.38. The molecule has 0 bridgehead atoms. The van der Waals surface area contributed by atoms with Crippen molar-refractivity contribution in [2.75, 3.05) is 38.7 Å². The molecule has 0 unspecified atom stereocenters. The second-order valence-corrected chi connectivity index (χ2v) is 9.54. The average Bonchev–Trinajstić information content (AvgIpc) is 2.71. The summed E-state index contributed by atoms with van der Waals surface area (Å²) in [6, 6.07) is 4.25. The number of hydrogen-bond donors (Lipinski definition) is 2. The van der Waals surface area contributed by atoms with Crippen LogP contribution >= 0.6 is 0 Å². The average molecular weight is 453 g/mol. The third-order valence-electron chi connectivity index (χ3n) is 5.38. The lowest BCUT2D eigenvalue weighted by Gasteiger charge is -2.30. The molecule has 0 saturated heterocycles. The Kier molecular flexibility index (Phi) is 10.8. The Morgan fingerprint density at radius 1 is 1.34 bits per heavy atom. The van der Waals surface area contributed by atoms with Crippen molar-refractivity contribution in [2.45, 2.75) is 83.7 Å². The second-order valence-electron chi connectivity index (χ2n) is 9.54. The molecule has 2 atom stereocenters. The highest BCUT2D eigenvalue weighted by molar-refractivity contribution is 5.69. The Balaban J connectivity index is 1.83. The van der Waals surface area contributed by atoms with Gasteiger partial charge in [-0.1, -0.05) is 6.07 Å². The summed E-state index contributed by atoms with van der Waals surface area (Å²) in [5.41, 5.74) is 8.25. The number of ether oxygens (including phenoxy) is 2. The number of fused-ring (bicyclic) bond motifs is 1. The molecule has 1 aromatic heterocycles. The Bertz CT molecular complexity index is 711. The highest BCUT2D eigenvalue weighted by atomic mass is 19.1. The minimum Gasteiger partial charge on any atom is -0.460 e. The van der Waals surface area contributed by atoms with Crippen LogP contribution in [0.25, 0.3) is 0 Å². The summed E-state index contributed by atoms with van der Waals surface area (Å²) < 4.78 is 24.5. The lowest BCUT2D eigenvalue weighted by molar-refractivity contribution is -0.155. The molecule has 0 aromatic carbocycles. The number of esters is 1. The number of alkyl halides is 1. The van der Waals surface area contributed by atoms with Gasteiger partial charge in [0.25, 0.3) is 0 Å². The van der Waals surface area contributed by atoms with E-state index in [2.05, 4.69) is 17.4 Å². The first kappa shape index (κ1) is 26.5. The Labute approximate surface area is 192 Å². The van der Waals surface area contributed by atoms with Crippen LogP contribution in [0.2, 0.25) is 0 Å². The number of halogens is 1. The zero-order valence-corrected chi connectivity index (χ0v) is 20.2. The normalized spacial score (nSPS) is 15.7. The number of anilines is 1. The van der Waals surface area contributed by atoms with Gasteiger partial charge in [-0.2, -0.15) is 0 Å². The maximum absolute atomic E-state index is 14.2. The SMILES string of the molecule is COC[C@@H](F)CN(CCCC(=O)OC(C)(C)C)[C@H](N)CCCc1ccc2c(n1)NCCC2. The number of nitrogens with one attached hydrogen (secondary N) is 1. The molecule has 0 saturated carbocycles. The van der Waals surface area contributed by atoms with Crippen molar-refractivity contribution in [1.82, 2.24) is 9.88 Å². The quantitative estimate of drug-likeness (QED) is 0.350. The number of aryl methyl sites for hydroxylation is 2. The van der Waals surface area contributed by atoms with Crippen molar-refractivity contribution in [2.24, 2.45) is 5.73 Å². The van der Waals surface area contributed by atoms with Gasteiger partial charge in [0.05, 0.1) is 12.8 Å². The highest BCUT2D eigenvalue weighted by Crippen LogP contribution is 2.20. The Morgan fingerprint density at radius 3 is 2.84 bits per heavy atom. The van der Waals surface area contributed by atoms with Crippen LogP contribution in [0.15, 0.2) is 12.1 Å². The van der Waals surface area contributed by atoms with Gasteiger partial charge in [0.15, 0.2) is 0 Å². The van der Waals surface area contributed by atoms with E-state index in [1.165, 1.54) is 12.7 Å². The van der Waals surface area contributed by atoms with Crippen molar-refractivity contribution in [3.63, 3.8) is 0 Å². The van der Waals surface area contributed by atoms with Gasteiger partial charge in [-0.3, -0.25) is 9.69 Å². The van der Waals surface area contributed by atoms with Crippen LogP contribution in [-0.2, 0) is 27.1 Å². The summed E-state index contributed by atoms with van der Waals surface area (Å²) in [4.78, 5) is 18.6. The number of carbonyl (C=O) groups excluding carboxylic acids is 1. The molecule has 7 nitrogen and oxygen atoms in total. The fraction of sp³-hybridized carbons (Fsp3) is 0.750. The van der Waals surface area contributed by atoms with Gasteiger partial charge >= 0.3 is 5.97 Å². The number of rotatable bonds is 13. The fourth-order valence-corrected chi connectivity index (χ4v) is 3.88. The second kappa shape index (κ2) is 13.1. The summed E-state index contributed by atoms with van der Waals surface area (Å²) in [6.07, 6.45) is 4.06. The van der Waals surface area contributed by atoms with E-state index in [1.807, 2.05) is 25.7 Å². The van der Waals surface area contributed by atoms with Gasteiger partial charge in [0.2, 0.25) is 0 Å². The smallest absolute Gasteiger partial charge is 0.306 e. The van der Waals surface area contributed by atoms with Gasteiger partial charge in [-0.25, -0.2) is 9.37 Å². The van der Waals surface area contributed by atoms with Crippen molar-refractivity contribution < 1.29 is 18.7 Å². The first-order valence-electron chi connectivity index (χ1n) is 11.7. The largest absolute Gasteiger partial charge is 0.460 e. The topological polar surface area (TPSA) is 89.7 Å². The first-order valence-corrected chi connectivity index (χ1v) is 11.7. The number of nitrogens with zero attached hydrogens (tertiary/aromatic N) is 2. The number of nitrogens with two attached hydrogens (primary N) is 1. The van der Waals surface area contributed by atoms with Crippen LogP contribution in [-0.4, -0.2) is 67.1 Å². The van der Waals surface area contributed by atoms with E-state index in [-0.39, 0.29) is 31.7 Å². The molecule has 1 aliphatic rings. The van der Waals surface area contributed by atoms with Crippen molar-refractivity contribution in [3.8, 4) is 0 Å². The third kappa shape index (κ3) is 9.79. The minimum atomic E-state index is -1.12. The number of carbonyl (C=O) groups is 1. The van der Waals surface area contributed by atoms with Crippen molar-refractivity contribution in [1.29, 1.82) is 0 Å². The summed E-state index contributed by atoms with van der Waals surface area (Å²) in [5, 5.41) is 3.36. The molecule has 32 heavy (non-hydrogen) atoms. The predicted molar refractivity (Wildman–Crippen MR) is 125 cm³/mol. The summed E-state index contributed by atoms with van der Waals surface area (Å²) in [6.45, 7) is 7.26. The summed E-state index contributed by atoms with van der Waals surface area (Å²) in [7, 11) is 1.49. The van der Waals surface area contributed by atoms with Gasteiger partial charge in [0, 0.05) is 38.9 Å². The number of pyridine rings is 1.